The van der Waals surface area contributed by atoms with Crippen LogP contribution in [0.15, 0.2) is 60.7 Å². The topological polar surface area (TPSA) is 38.3 Å². The van der Waals surface area contributed by atoms with Gasteiger partial charge in [0.25, 0.3) is 0 Å². The summed E-state index contributed by atoms with van der Waals surface area (Å²) >= 11 is 6.12. The number of hydrogen-bond donors (Lipinski definition) is 1. The molecular formula is C27H30ClNO2. The molecule has 1 atom stereocenters. The summed E-state index contributed by atoms with van der Waals surface area (Å²) in [4.78, 5) is 13.8. The third-order valence-electron chi connectivity index (χ3n) is 6.57. The maximum Gasteiger partial charge on any atom is 0.235 e. The van der Waals surface area contributed by atoms with Gasteiger partial charge in [0.1, 0.15) is 5.75 Å². The van der Waals surface area contributed by atoms with Crippen LogP contribution in [0.5, 0.6) is 5.75 Å². The Labute approximate surface area is 189 Å². The Morgan fingerprint density at radius 2 is 1.68 bits per heavy atom. The fraction of sp³-hybridized carbons (Fsp3) is 0.370. The predicted octanol–water partition coefficient (Wildman–Crippen LogP) is 7.51. The van der Waals surface area contributed by atoms with Gasteiger partial charge in [0, 0.05) is 21.5 Å². The van der Waals surface area contributed by atoms with Crippen molar-refractivity contribution in [1.82, 2.24) is 0 Å². The lowest BCUT2D eigenvalue weighted by Crippen LogP contribution is -2.42. The highest BCUT2D eigenvalue weighted by molar-refractivity contribution is 6.30. The lowest BCUT2D eigenvalue weighted by molar-refractivity contribution is -0.122. The number of anilines is 1. The first-order valence-corrected chi connectivity index (χ1v) is 11.7. The molecule has 0 bridgehead atoms. The molecule has 3 aromatic rings. The quantitative estimate of drug-likeness (QED) is 0.435. The maximum atomic E-state index is 13.8. The largest absolute Gasteiger partial charge is 0.490 e. The lowest BCUT2D eigenvalue weighted by atomic mass is 9.68. The molecule has 31 heavy (non-hydrogen) atoms. The number of carbonyl (C=O) groups is 1. The van der Waals surface area contributed by atoms with E-state index in [2.05, 4.69) is 25.2 Å². The highest BCUT2D eigenvalue weighted by atomic mass is 35.5. The van der Waals surface area contributed by atoms with Crippen molar-refractivity contribution < 1.29 is 9.53 Å². The van der Waals surface area contributed by atoms with Gasteiger partial charge in [0.05, 0.1) is 11.5 Å². The van der Waals surface area contributed by atoms with E-state index in [0.717, 1.165) is 59.9 Å². The molecule has 3 aromatic carbocycles. The fourth-order valence-corrected chi connectivity index (χ4v) is 4.72. The van der Waals surface area contributed by atoms with E-state index in [9.17, 15) is 4.79 Å². The standard InChI is InChI=1S/C27H30ClNO2/c1-3-19(2)31-25-16-15-24(22-9-5-6-10-23(22)25)29-26(30)27(17-7-4-8-18-27)20-11-13-21(28)14-12-20/h5-6,9-16,19H,3-4,7-8,17-18H2,1-2H3,(H,29,30). The minimum atomic E-state index is -0.518. The summed E-state index contributed by atoms with van der Waals surface area (Å²) in [5.41, 5.74) is 1.36. The number of nitrogens with one attached hydrogen (secondary N) is 1. The monoisotopic (exact) mass is 435 g/mol. The molecule has 1 saturated carbocycles. The highest BCUT2D eigenvalue weighted by Gasteiger charge is 2.41. The first-order chi connectivity index (χ1) is 15.0. The Morgan fingerprint density at radius 3 is 2.35 bits per heavy atom. The number of halogens is 1. The number of fused-ring (bicyclic) bond motifs is 1. The average Bonchev–Trinajstić information content (AvgIpc) is 2.81. The van der Waals surface area contributed by atoms with Crippen LogP contribution < -0.4 is 10.1 Å². The molecule has 1 N–H and O–H groups in total. The number of carbonyl (C=O) groups excluding carboxylic acids is 1. The van der Waals surface area contributed by atoms with Crippen LogP contribution in [0.4, 0.5) is 5.69 Å². The second kappa shape index (κ2) is 9.32. The van der Waals surface area contributed by atoms with E-state index in [-0.39, 0.29) is 12.0 Å². The predicted molar refractivity (Wildman–Crippen MR) is 129 cm³/mol. The molecule has 1 amide bonds. The number of rotatable bonds is 6. The molecule has 4 rings (SSSR count). The number of benzene rings is 3. The molecule has 1 aliphatic rings. The zero-order valence-corrected chi connectivity index (χ0v) is 19.0. The molecule has 0 aliphatic heterocycles. The zero-order valence-electron chi connectivity index (χ0n) is 18.3. The van der Waals surface area contributed by atoms with Crippen molar-refractivity contribution in [3.63, 3.8) is 0 Å². The molecule has 1 aliphatic carbocycles. The molecule has 0 spiro atoms. The van der Waals surface area contributed by atoms with E-state index in [4.69, 9.17) is 16.3 Å². The van der Waals surface area contributed by atoms with Crippen LogP contribution in [0.25, 0.3) is 10.8 Å². The first-order valence-electron chi connectivity index (χ1n) is 11.3. The second-order valence-electron chi connectivity index (χ2n) is 8.60. The lowest BCUT2D eigenvalue weighted by Gasteiger charge is -2.36. The van der Waals surface area contributed by atoms with Crippen LogP contribution in [0.2, 0.25) is 5.02 Å². The van der Waals surface area contributed by atoms with Gasteiger partial charge in [-0.15, -0.1) is 0 Å². The van der Waals surface area contributed by atoms with Gasteiger partial charge in [0.2, 0.25) is 5.91 Å². The van der Waals surface area contributed by atoms with E-state index in [1.54, 1.807) is 0 Å². The Balaban J connectivity index is 1.69. The van der Waals surface area contributed by atoms with Gasteiger partial charge >= 0.3 is 0 Å². The van der Waals surface area contributed by atoms with Crippen molar-refractivity contribution in [2.45, 2.75) is 63.9 Å². The van der Waals surface area contributed by atoms with Crippen LogP contribution in [0, 0.1) is 0 Å². The third kappa shape index (κ3) is 4.43. The van der Waals surface area contributed by atoms with Gasteiger partial charge in [-0.05, 0) is 56.0 Å². The summed E-state index contributed by atoms with van der Waals surface area (Å²) in [6, 6.07) is 19.8. The second-order valence-corrected chi connectivity index (χ2v) is 9.03. The van der Waals surface area contributed by atoms with Crippen LogP contribution >= 0.6 is 11.6 Å². The van der Waals surface area contributed by atoms with E-state index >= 15 is 0 Å². The summed E-state index contributed by atoms with van der Waals surface area (Å²) in [7, 11) is 0. The van der Waals surface area contributed by atoms with Crippen molar-refractivity contribution in [2.75, 3.05) is 5.32 Å². The summed E-state index contributed by atoms with van der Waals surface area (Å²) in [5.74, 6) is 0.920. The molecule has 1 fully saturated rings. The smallest absolute Gasteiger partial charge is 0.235 e. The van der Waals surface area contributed by atoms with Crippen molar-refractivity contribution >= 4 is 34.0 Å². The molecule has 1 unspecified atom stereocenters. The average molecular weight is 436 g/mol. The minimum Gasteiger partial charge on any atom is -0.490 e. The molecule has 0 aromatic heterocycles. The molecular weight excluding hydrogens is 406 g/mol. The molecule has 0 saturated heterocycles. The summed E-state index contributed by atoms with van der Waals surface area (Å²) < 4.78 is 6.13. The molecule has 4 heteroatoms. The van der Waals surface area contributed by atoms with Crippen molar-refractivity contribution in [3.05, 3.63) is 71.2 Å². The minimum absolute atomic E-state index is 0.0651. The van der Waals surface area contributed by atoms with E-state index in [1.807, 2.05) is 54.6 Å². The van der Waals surface area contributed by atoms with Crippen molar-refractivity contribution in [1.29, 1.82) is 0 Å². The van der Waals surface area contributed by atoms with Gasteiger partial charge < -0.3 is 10.1 Å². The van der Waals surface area contributed by atoms with Crippen LogP contribution in [0.1, 0.15) is 57.9 Å². The SMILES string of the molecule is CCC(C)Oc1ccc(NC(=O)C2(c3ccc(Cl)cc3)CCCCC2)c2ccccc12. The molecule has 3 nitrogen and oxygen atoms in total. The van der Waals surface area contributed by atoms with Gasteiger partial charge in [-0.25, -0.2) is 0 Å². The third-order valence-corrected chi connectivity index (χ3v) is 6.83. The normalized spacial score (nSPS) is 16.6. The van der Waals surface area contributed by atoms with Crippen LogP contribution in [0.3, 0.4) is 0 Å². The summed E-state index contributed by atoms with van der Waals surface area (Å²) in [6.07, 6.45) is 6.07. The first kappa shape index (κ1) is 21.7. The van der Waals surface area contributed by atoms with Gasteiger partial charge in [-0.2, -0.15) is 0 Å². The highest BCUT2D eigenvalue weighted by Crippen LogP contribution is 2.42. The van der Waals surface area contributed by atoms with Crippen molar-refractivity contribution in [3.8, 4) is 5.75 Å². The van der Waals surface area contributed by atoms with Gasteiger partial charge in [-0.1, -0.05) is 74.2 Å². The summed E-state index contributed by atoms with van der Waals surface area (Å²) in [6.45, 7) is 4.19. The van der Waals surface area contributed by atoms with E-state index in [1.165, 1.54) is 6.42 Å². The Hall–Kier alpha value is -2.52. The molecule has 162 valence electrons. The molecule has 0 radical (unpaired) electrons. The van der Waals surface area contributed by atoms with E-state index in [0.29, 0.717) is 5.02 Å². The Bertz CT molecular complexity index is 1050. The fourth-order valence-electron chi connectivity index (χ4n) is 4.60. The van der Waals surface area contributed by atoms with Gasteiger partial charge in [0.15, 0.2) is 0 Å². The van der Waals surface area contributed by atoms with Crippen LogP contribution in [-0.4, -0.2) is 12.0 Å². The van der Waals surface area contributed by atoms with Crippen LogP contribution in [-0.2, 0) is 10.2 Å². The number of hydrogen-bond acceptors (Lipinski definition) is 2. The Kier molecular flexibility index (Phi) is 6.52. The Morgan fingerprint density at radius 1 is 1.00 bits per heavy atom. The molecule has 0 heterocycles. The zero-order chi connectivity index (χ0) is 21.8. The summed E-state index contributed by atoms with van der Waals surface area (Å²) in [5, 5.41) is 5.99. The number of amides is 1. The van der Waals surface area contributed by atoms with E-state index < -0.39 is 5.41 Å². The van der Waals surface area contributed by atoms with Crippen molar-refractivity contribution in [2.24, 2.45) is 0 Å². The van der Waals surface area contributed by atoms with Gasteiger partial charge in [-0.3, -0.25) is 4.79 Å². The maximum absolute atomic E-state index is 13.8. The number of ether oxygens (including phenoxy) is 1.